The fourth-order valence-corrected chi connectivity index (χ4v) is 1.31. The number of nitrogens with one attached hydrogen (secondary N) is 1. The van der Waals surface area contributed by atoms with Gasteiger partial charge >= 0.3 is 0 Å². The third-order valence-electron chi connectivity index (χ3n) is 2.08. The van der Waals surface area contributed by atoms with Gasteiger partial charge in [-0.25, -0.2) is 0 Å². The van der Waals surface area contributed by atoms with Gasteiger partial charge in [0.2, 0.25) is 5.91 Å². The van der Waals surface area contributed by atoms with Gasteiger partial charge < -0.3 is 15.8 Å². The molecule has 0 rings (SSSR count). The Morgan fingerprint density at radius 1 is 1.64 bits per heavy atom. The van der Waals surface area contributed by atoms with Gasteiger partial charge in [0, 0.05) is 13.2 Å². The van der Waals surface area contributed by atoms with Crippen LogP contribution in [0.2, 0.25) is 0 Å². The first-order valence-corrected chi connectivity index (χ1v) is 5.02. The van der Waals surface area contributed by atoms with Crippen molar-refractivity contribution >= 4 is 5.91 Å². The Kier molecular flexibility index (Phi) is 5.72. The van der Waals surface area contributed by atoms with Gasteiger partial charge in [0.15, 0.2) is 0 Å². The van der Waals surface area contributed by atoms with Gasteiger partial charge in [-0.15, -0.1) is 0 Å². The van der Waals surface area contributed by atoms with Crippen molar-refractivity contribution in [2.45, 2.75) is 45.2 Å². The highest BCUT2D eigenvalue weighted by molar-refractivity contribution is 5.85. The molecule has 0 heterocycles. The van der Waals surface area contributed by atoms with Gasteiger partial charge in [-0.3, -0.25) is 4.79 Å². The number of nitrogens with two attached hydrogens (primary N) is 1. The van der Waals surface area contributed by atoms with Gasteiger partial charge in [0.25, 0.3) is 0 Å². The SMILES string of the molecule is CCCC(C)(N)C(=O)NC(C)COC. The van der Waals surface area contributed by atoms with Crippen molar-refractivity contribution in [2.75, 3.05) is 13.7 Å². The molecule has 0 aliphatic heterocycles. The summed E-state index contributed by atoms with van der Waals surface area (Å²) in [7, 11) is 1.61. The molecule has 0 spiro atoms. The van der Waals surface area contributed by atoms with Crippen LogP contribution in [0.4, 0.5) is 0 Å². The van der Waals surface area contributed by atoms with Crippen molar-refractivity contribution in [3.8, 4) is 0 Å². The van der Waals surface area contributed by atoms with Gasteiger partial charge in [-0.05, 0) is 20.3 Å². The number of carbonyl (C=O) groups excluding carboxylic acids is 1. The van der Waals surface area contributed by atoms with Gasteiger partial charge in [0.1, 0.15) is 0 Å². The molecule has 0 saturated heterocycles. The lowest BCUT2D eigenvalue weighted by atomic mass is 9.96. The molecule has 2 unspecified atom stereocenters. The van der Waals surface area contributed by atoms with Crippen LogP contribution in [-0.4, -0.2) is 31.2 Å². The van der Waals surface area contributed by atoms with E-state index in [-0.39, 0.29) is 11.9 Å². The summed E-state index contributed by atoms with van der Waals surface area (Å²) >= 11 is 0. The average molecular weight is 202 g/mol. The molecule has 0 bridgehead atoms. The van der Waals surface area contributed by atoms with Crippen LogP contribution in [0.25, 0.3) is 0 Å². The summed E-state index contributed by atoms with van der Waals surface area (Å²) in [6.07, 6.45) is 1.59. The lowest BCUT2D eigenvalue weighted by Gasteiger charge is -2.25. The maximum Gasteiger partial charge on any atom is 0.240 e. The predicted molar refractivity (Wildman–Crippen MR) is 57.0 cm³/mol. The van der Waals surface area contributed by atoms with E-state index in [4.69, 9.17) is 10.5 Å². The van der Waals surface area contributed by atoms with Crippen molar-refractivity contribution in [2.24, 2.45) is 5.73 Å². The van der Waals surface area contributed by atoms with E-state index in [0.717, 1.165) is 6.42 Å². The largest absolute Gasteiger partial charge is 0.383 e. The molecule has 4 nitrogen and oxygen atoms in total. The molecule has 1 amide bonds. The Morgan fingerprint density at radius 2 is 2.21 bits per heavy atom. The van der Waals surface area contributed by atoms with E-state index in [1.54, 1.807) is 14.0 Å². The number of hydrogen-bond donors (Lipinski definition) is 2. The first-order chi connectivity index (χ1) is 6.44. The summed E-state index contributed by atoms with van der Waals surface area (Å²) in [6, 6.07) is 0.00670. The summed E-state index contributed by atoms with van der Waals surface area (Å²) in [4.78, 5) is 11.6. The van der Waals surface area contributed by atoms with Gasteiger partial charge in [0.05, 0.1) is 12.1 Å². The second-order valence-corrected chi connectivity index (χ2v) is 4.00. The number of ether oxygens (including phenoxy) is 1. The third-order valence-corrected chi connectivity index (χ3v) is 2.08. The first kappa shape index (κ1) is 13.4. The quantitative estimate of drug-likeness (QED) is 0.665. The topological polar surface area (TPSA) is 64.4 Å². The highest BCUT2D eigenvalue weighted by Crippen LogP contribution is 2.08. The predicted octanol–water partition coefficient (Wildman–Crippen LogP) is 0.655. The van der Waals surface area contributed by atoms with E-state index in [1.165, 1.54) is 0 Å². The van der Waals surface area contributed by atoms with Crippen molar-refractivity contribution in [3.05, 3.63) is 0 Å². The molecular formula is C10H22N2O2. The molecule has 3 N–H and O–H groups in total. The molecule has 0 aromatic carbocycles. The van der Waals surface area contributed by atoms with E-state index < -0.39 is 5.54 Å². The van der Waals surface area contributed by atoms with Crippen LogP contribution >= 0.6 is 0 Å². The van der Waals surface area contributed by atoms with Crippen LogP contribution in [0.5, 0.6) is 0 Å². The normalized spacial score (nSPS) is 17.2. The monoisotopic (exact) mass is 202 g/mol. The zero-order valence-corrected chi connectivity index (χ0v) is 9.59. The molecular weight excluding hydrogens is 180 g/mol. The first-order valence-electron chi connectivity index (χ1n) is 5.02. The van der Waals surface area contributed by atoms with Crippen LogP contribution in [0.15, 0.2) is 0 Å². The van der Waals surface area contributed by atoms with E-state index in [0.29, 0.717) is 13.0 Å². The molecule has 2 atom stereocenters. The Morgan fingerprint density at radius 3 is 2.64 bits per heavy atom. The average Bonchev–Trinajstić information content (AvgIpc) is 2.04. The van der Waals surface area contributed by atoms with Crippen LogP contribution < -0.4 is 11.1 Å². The van der Waals surface area contributed by atoms with E-state index in [9.17, 15) is 4.79 Å². The lowest BCUT2D eigenvalue weighted by Crippen LogP contribution is -2.54. The minimum absolute atomic E-state index is 0.00670. The van der Waals surface area contributed by atoms with Crippen molar-refractivity contribution in [1.29, 1.82) is 0 Å². The van der Waals surface area contributed by atoms with Crippen LogP contribution in [-0.2, 0) is 9.53 Å². The highest BCUT2D eigenvalue weighted by Gasteiger charge is 2.27. The standard InChI is InChI=1S/C10H22N2O2/c1-5-6-10(3,11)9(13)12-8(2)7-14-4/h8H,5-7,11H2,1-4H3,(H,12,13). The zero-order valence-electron chi connectivity index (χ0n) is 9.59. The molecule has 0 saturated carbocycles. The summed E-state index contributed by atoms with van der Waals surface area (Å²) in [6.45, 7) is 6.17. The summed E-state index contributed by atoms with van der Waals surface area (Å²) in [5, 5.41) is 2.82. The van der Waals surface area contributed by atoms with Crippen molar-refractivity contribution in [1.82, 2.24) is 5.32 Å². The maximum absolute atomic E-state index is 11.6. The van der Waals surface area contributed by atoms with Crippen molar-refractivity contribution < 1.29 is 9.53 Å². The van der Waals surface area contributed by atoms with Gasteiger partial charge in [-0.1, -0.05) is 13.3 Å². The smallest absolute Gasteiger partial charge is 0.240 e. The summed E-state index contributed by atoms with van der Waals surface area (Å²) in [5.74, 6) is -0.107. The maximum atomic E-state index is 11.6. The molecule has 14 heavy (non-hydrogen) atoms. The molecule has 0 aromatic heterocycles. The Bertz CT molecular complexity index is 181. The second-order valence-electron chi connectivity index (χ2n) is 4.00. The fraction of sp³-hybridized carbons (Fsp3) is 0.900. The number of hydrogen-bond acceptors (Lipinski definition) is 3. The number of methoxy groups -OCH3 is 1. The second kappa shape index (κ2) is 5.98. The van der Waals surface area contributed by atoms with Crippen LogP contribution in [0, 0.1) is 0 Å². The number of carbonyl (C=O) groups is 1. The third kappa shape index (κ3) is 4.58. The van der Waals surface area contributed by atoms with Crippen LogP contribution in [0.1, 0.15) is 33.6 Å². The van der Waals surface area contributed by atoms with Crippen LogP contribution in [0.3, 0.4) is 0 Å². The van der Waals surface area contributed by atoms with E-state index in [1.807, 2.05) is 13.8 Å². The molecule has 0 aliphatic carbocycles. The molecule has 0 aromatic rings. The Balaban J connectivity index is 4.05. The summed E-state index contributed by atoms with van der Waals surface area (Å²) in [5.41, 5.74) is 5.10. The minimum atomic E-state index is -0.767. The number of amides is 1. The molecule has 0 aliphatic rings. The zero-order chi connectivity index (χ0) is 11.2. The van der Waals surface area contributed by atoms with E-state index >= 15 is 0 Å². The highest BCUT2D eigenvalue weighted by atomic mass is 16.5. The Labute approximate surface area is 86.2 Å². The molecule has 84 valence electrons. The minimum Gasteiger partial charge on any atom is -0.383 e. The van der Waals surface area contributed by atoms with Crippen molar-refractivity contribution in [3.63, 3.8) is 0 Å². The molecule has 0 radical (unpaired) electrons. The molecule has 4 heteroatoms. The van der Waals surface area contributed by atoms with Gasteiger partial charge in [-0.2, -0.15) is 0 Å². The molecule has 0 fully saturated rings. The lowest BCUT2D eigenvalue weighted by molar-refractivity contribution is -0.127. The number of rotatable bonds is 6. The van der Waals surface area contributed by atoms with E-state index in [2.05, 4.69) is 5.32 Å². The Hall–Kier alpha value is -0.610. The fourth-order valence-electron chi connectivity index (χ4n) is 1.31. The summed E-state index contributed by atoms with van der Waals surface area (Å²) < 4.78 is 4.92.